The van der Waals surface area contributed by atoms with Crippen molar-refractivity contribution in [3.05, 3.63) is 133 Å². The Morgan fingerprint density at radius 1 is 0.649 bits per heavy atom. The molecule has 4 aromatic carbocycles. The first kappa shape index (κ1) is 31.6. The first-order valence-electron chi connectivity index (χ1n) is 11.7. The van der Waals surface area contributed by atoms with Gasteiger partial charge in [-0.3, -0.25) is 0 Å². The minimum Gasteiger partial charge on any atom is -0.0622 e. The summed E-state index contributed by atoms with van der Waals surface area (Å²) in [5, 5.41) is 15.9. The van der Waals surface area contributed by atoms with E-state index in [1.54, 1.807) is 25.7 Å². The summed E-state index contributed by atoms with van der Waals surface area (Å²) < 4.78 is 4.36. The molecule has 0 atom stereocenters. The Labute approximate surface area is 244 Å². The van der Waals surface area contributed by atoms with Crippen molar-refractivity contribution in [2.45, 2.75) is 6.92 Å². The van der Waals surface area contributed by atoms with Gasteiger partial charge in [0.15, 0.2) is 0 Å². The van der Waals surface area contributed by atoms with E-state index in [-0.39, 0.29) is 15.8 Å². The average Bonchev–Trinajstić information content (AvgIpc) is 2.99. The molecular weight excluding hydrogens is 720 g/mol. The van der Waals surface area contributed by atoms with Crippen LogP contribution < -0.4 is 26.3 Å². The first-order chi connectivity index (χ1) is 18.2. The zero-order valence-electron chi connectivity index (χ0n) is 20.5. The number of rotatable bonds is 9. The second-order valence-corrected chi connectivity index (χ2v) is 12.4. The van der Waals surface area contributed by atoms with Gasteiger partial charge in [0.2, 0.25) is 0 Å². The van der Waals surface area contributed by atoms with Crippen LogP contribution in [0.1, 0.15) is 6.92 Å². The largest absolute Gasteiger partial charge is 0.0622 e. The van der Waals surface area contributed by atoms with Crippen LogP contribution >= 0.6 is 36.9 Å². The molecule has 0 saturated carbocycles. The number of benzene rings is 4. The zero-order valence-corrected chi connectivity index (χ0v) is 26.1. The predicted octanol–water partition coefficient (Wildman–Crippen LogP) is 6.36. The minimum atomic E-state index is -0.482. The molecule has 0 aliphatic rings. The Bertz CT molecular complexity index is 973. The standard InChI is InChI=1S/C26H24P2.C4H7ClO2.ClH.Pt/c1-5-13-23(14-6-1)27(24-15-7-2-8-16-24)21-22-28(25-17-9-3-10-18-25)26-19-11-4-12-20-26;1-2-7-4(6)3-5;;/h1-20H,21-22H2;3,6H,2H2,1H3;1H;/q;;;+2/p-2/b;4-3+;;. The molecule has 2 nitrogen and oxygen atoms in total. The van der Waals surface area contributed by atoms with Gasteiger partial charge in [0.05, 0.1) is 5.95 Å². The Morgan fingerprint density at radius 3 is 1.11 bits per heavy atom. The molecule has 0 heterocycles. The molecule has 0 bridgehead atoms. The average molecular weight is 751 g/mol. The van der Waals surface area contributed by atoms with Gasteiger partial charge in [0, 0.05) is 5.54 Å². The van der Waals surface area contributed by atoms with Crippen molar-refractivity contribution in [2.75, 3.05) is 18.9 Å². The van der Waals surface area contributed by atoms with Crippen molar-refractivity contribution in [3.8, 4) is 0 Å². The van der Waals surface area contributed by atoms with Gasteiger partial charge in [-0.2, -0.15) is 0 Å². The number of hydrogen-bond acceptors (Lipinski definition) is 2. The molecule has 0 amide bonds. The molecule has 37 heavy (non-hydrogen) atoms. The van der Waals surface area contributed by atoms with Gasteiger partial charge in [-0.05, 0) is 56.0 Å². The van der Waals surface area contributed by atoms with Crippen molar-refractivity contribution in [1.82, 2.24) is 0 Å². The van der Waals surface area contributed by atoms with Crippen molar-refractivity contribution in [3.63, 3.8) is 0 Å². The third-order valence-electron chi connectivity index (χ3n) is 5.19. The van der Waals surface area contributed by atoms with E-state index >= 15 is 0 Å². The zero-order chi connectivity index (χ0) is 26.7. The molecule has 0 aliphatic carbocycles. The summed E-state index contributed by atoms with van der Waals surface area (Å²) in [6.07, 6.45) is 2.41. The Hall–Kier alpha value is -1.65. The van der Waals surface area contributed by atoms with Gasteiger partial charge in [-0.1, -0.05) is 140 Å². The molecule has 0 spiro atoms. The smallest absolute Gasteiger partial charge is 0.0195 e. The van der Waals surface area contributed by atoms with Gasteiger partial charge in [-0.15, -0.1) is 0 Å². The van der Waals surface area contributed by atoms with Crippen molar-refractivity contribution >= 4 is 58.1 Å². The van der Waals surface area contributed by atoms with E-state index in [0.717, 1.165) is 5.54 Å². The molecule has 0 radical (unpaired) electrons. The monoisotopic (exact) mass is 749 g/mol. The third kappa shape index (κ3) is 11.3. The molecule has 0 aromatic heterocycles. The van der Waals surface area contributed by atoms with Gasteiger partial charge in [0.25, 0.3) is 0 Å². The minimum absolute atomic E-state index is 0.348. The first-order valence-corrected chi connectivity index (χ1v) is 18.0. The predicted molar refractivity (Wildman–Crippen MR) is 159 cm³/mol. The van der Waals surface area contributed by atoms with Crippen LogP contribution in [0.25, 0.3) is 0 Å². The second kappa shape index (κ2) is 19.4. The summed E-state index contributed by atoms with van der Waals surface area (Å²) in [6, 6.07) is 44.2. The van der Waals surface area contributed by atoms with Crippen molar-refractivity contribution in [1.29, 1.82) is 0 Å². The molecule has 0 unspecified atom stereocenters. The van der Waals surface area contributed by atoms with Crippen LogP contribution in [0.15, 0.2) is 133 Å². The molecule has 4 aromatic rings. The fourth-order valence-corrected chi connectivity index (χ4v) is 9.04. The Kier molecular flexibility index (Phi) is 16.6. The molecule has 0 aliphatic heterocycles. The summed E-state index contributed by atoms with van der Waals surface area (Å²) in [7, 11) is 3.92. The van der Waals surface area contributed by atoms with E-state index in [9.17, 15) is 5.11 Å². The third-order valence-corrected chi connectivity index (χ3v) is 10.8. The molecular formula is C30H30Cl2O2P2Pt. The summed E-state index contributed by atoms with van der Waals surface area (Å²) in [4.78, 5) is 0. The number of ether oxygens (including phenoxy) is 1. The van der Waals surface area contributed by atoms with Crippen LogP contribution in [0, 0.1) is 0 Å². The maximum atomic E-state index is 10.0. The quantitative estimate of drug-likeness (QED) is 0.148. The maximum Gasteiger partial charge on any atom is -0.0195 e. The molecule has 0 fully saturated rings. The van der Waals surface area contributed by atoms with E-state index in [1.807, 2.05) is 0 Å². The Balaban J connectivity index is 0.000000465. The number of hydrogen-bond donors (Lipinski definition) is 0. The van der Waals surface area contributed by atoms with Crippen molar-refractivity contribution in [2.24, 2.45) is 0 Å². The van der Waals surface area contributed by atoms with Gasteiger partial charge < -0.3 is 9.84 Å². The van der Waals surface area contributed by atoms with Crippen LogP contribution in [0.5, 0.6) is 0 Å². The van der Waals surface area contributed by atoms with Gasteiger partial charge in [0.1, 0.15) is 0 Å². The number of halogens is 2. The van der Waals surface area contributed by atoms with E-state index < -0.39 is 5.95 Å². The van der Waals surface area contributed by atoms with Crippen molar-refractivity contribution < 1.29 is 28.6 Å². The van der Waals surface area contributed by atoms with E-state index in [1.165, 1.54) is 33.5 Å². The molecule has 7 heteroatoms. The molecule has 0 N–H and O–H groups in total. The summed E-state index contributed by atoms with van der Waals surface area (Å²) in [6.45, 7) is 2.10. The normalized spacial score (nSPS) is 10.7. The van der Waals surface area contributed by atoms with E-state index in [0.29, 0.717) is 6.61 Å². The summed E-state index contributed by atoms with van der Waals surface area (Å²) in [5.74, 6) is -0.482. The summed E-state index contributed by atoms with van der Waals surface area (Å²) in [5.41, 5.74) is 0.865. The molecule has 0 saturated heterocycles. The van der Waals surface area contributed by atoms with Crippen LogP contribution in [-0.2, 0) is 23.5 Å². The maximum absolute atomic E-state index is 10.0. The molecule has 4 rings (SSSR count). The van der Waals surface area contributed by atoms with E-state index in [4.69, 9.17) is 11.6 Å². The SMILES string of the molecule is CCO/C([O-])=C/Cl.[Cl][Pt+].c1ccc(P(CCP(c2ccccc2)c2ccccc2)c2ccccc2)cc1. The van der Waals surface area contributed by atoms with Crippen LogP contribution in [0.2, 0.25) is 0 Å². The van der Waals surface area contributed by atoms with Crippen LogP contribution in [-0.4, -0.2) is 18.9 Å². The fourth-order valence-electron chi connectivity index (χ4n) is 3.62. The summed E-state index contributed by atoms with van der Waals surface area (Å²) >= 11 is 6.54. The van der Waals surface area contributed by atoms with E-state index in [2.05, 4.69) is 135 Å². The second-order valence-electron chi connectivity index (χ2n) is 7.51. The Morgan fingerprint density at radius 2 is 0.919 bits per heavy atom. The van der Waals surface area contributed by atoms with Gasteiger partial charge in [-0.25, -0.2) is 0 Å². The molecule has 196 valence electrons. The van der Waals surface area contributed by atoms with Gasteiger partial charge >= 0.3 is 28.2 Å². The topological polar surface area (TPSA) is 32.3 Å². The van der Waals surface area contributed by atoms with Crippen LogP contribution in [0.3, 0.4) is 0 Å². The van der Waals surface area contributed by atoms with Crippen LogP contribution in [0.4, 0.5) is 0 Å². The fraction of sp³-hybridized carbons (Fsp3) is 0.133.